The van der Waals surface area contributed by atoms with E-state index in [1.54, 1.807) is 11.8 Å². The molecule has 18 heavy (non-hydrogen) atoms. The average Bonchev–Trinajstić information content (AvgIpc) is 2.33. The van der Waals surface area contributed by atoms with Crippen molar-refractivity contribution >= 4 is 22.8 Å². The van der Waals surface area contributed by atoms with Gasteiger partial charge in [0.1, 0.15) is 18.8 Å². The van der Waals surface area contributed by atoms with Crippen molar-refractivity contribution in [2.75, 3.05) is 26.0 Å². The van der Waals surface area contributed by atoms with E-state index in [1.807, 2.05) is 0 Å². The molecule has 0 atom stereocenters. The Balaban J connectivity index is 2.70. The molecule has 1 aliphatic heterocycles. The van der Waals surface area contributed by atoms with Crippen molar-refractivity contribution < 1.29 is 14.1 Å². The van der Waals surface area contributed by atoms with Crippen molar-refractivity contribution in [3.8, 4) is 0 Å². The van der Waals surface area contributed by atoms with Crippen LogP contribution in [0, 0.1) is 5.41 Å². The van der Waals surface area contributed by atoms with E-state index in [9.17, 15) is 4.79 Å². The van der Waals surface area contributed by atoms with Crippen LogP contribution >= 0.6 is 11.8 Å². The van der Waals surface area contributed by atoms with E-state index in [0.29, 0.717) is 5.75 Å². The third-order valence-corrected chi connectivity index (χ3v) is 4.09. The van der Waals surface area contributed by atoms with Crippen LogP contribution in [0.25, 0.3) is 0 Å². The summed E-state index contributed by atoms with van der Waals surface area (Å²) in [5.41, 5.74) is 0.260. The molecule has 0 amide bonds. The lowest BCUT2D eigenvalue weighted by Crippen LogP contribution is -2.29. The van der Waals surface area contributed by atoms with Gasteiger partial charge < -0.3 is 4.74 Å². The predicted octanol–water partition coefficient (Wildman–Crippen LogP) is 2.92. The Bertz CT molecular complexity index is 310. The minimum Gasteiger partial charge on any atom is -0.468 e. The lowest BCUT2D eigenvalue weighted by atomic mass is 9.93. The summed E-state index contributed by atoms with van der Waals surface area (Å²) in [7, 11) is 1.45. The van der Waals surface area contributed by atoms with Crippen LogP contribution < -0.4 is 0 Å². The number of hydrogen-bond acceptors (Lipinski definition) is 3. The van der Waals surface area contributed by atoms with Gasteiger partial charge in [0.25, 0.3) is 0 Å². The normalized spacial score (nSPS) is 16.6. The number of hydrogen-bond donors (Lipinski definition) is 0. The number of carbonyl (C=O) groups is 1. The highest BCUT2D eigenvalue weighted by molar-refractivity contribution is 8.14. The van der Waals surface area contributed by atoms with Crippen LogP contribution in [0.1, 0.15) is 46.5 Å². The van der Waals surface area contributed by atoms with Crippen molar-refractivity contribution in [3.05, 3.63) is 0 Å². The van der Waals surface area contributed by atoms with E-state index in [0.717, 1.165) is 19.5 Å². The molecule has 0 aromatic heterocycles. The summed E-state index contributed by atoms with van der Waals surface area (Å²) in [5.74, 6) is 0.293. The summed E-state index contributed by atoms with van der Waals surface area (Å²) in [4.78, 5) is 11.3. The van der Waals surface area contributed by atoms with E-state index in [-0.39, 0.29) is 11.4 Å². The van der Waals surface area contributed by atoms with Crippen LogP contribution in [0.5, 0.6) is 0 Å². The number of carbonyl (C=O) groups excluding carboxylic acids is 1. The highest BCUT2D eigenvalue weighted by Gasteiger charge is 2.25. The van der Waals surface area contributed by atoms with Crippen LogP contribution in [-0.4, -0.2) is 41.5 Å². The maximum absolute atomic E-state index is 11.3. The van der Waals surface area contributed by atoms with Gasteiger partial charge in [-0.25, -0.2) is 4.58 Å². The second kappa shape index (κ2) is 7.17. The van der Waals surface area contributed by atoms with E-state index in [1.165, 1.54) is 31.4 Å². The van der Waals surface area contributed by atoms with Crippen LogP contribution in [0.15, 0.2) is 0 Å². The largest absolute Gasteiger partial charge is 0.468 e. The molecule has 1 aliphatic rings. The molecule has 0 bridgehead atoms. The molecule has 1 rings (SSSR count). The second-order valence-electron chi connectivity index (χ2n) is 6.04. The van der Waals surface area contributed by atoms with Crippen molar-refractivity contribution in [2.45, 2.75) is 46.5 Å². The number of ether oxygens (including phenoxy) is 1. The van der Waals surface area contributed by atoms with Gasteiger partial charge in [-0.05, 0) is 11.8 Å². The molecule has 104 valence electrons. The highest BCUT2D eigenvalue weighted by atomic mass is 32.2. The summed E-state index contributed by atoms with van der Waals surface area (Å²) in [6.45, 7) is 9.01. The van der Waals surface area contributed by atoms with Crippen molar-refractivity contribution in [1.29, 1.82) is 0 Å². The van der Waals surface area contributed by atoms with Crippen LogP contribution in [0.2, 0.25) is 0 Å². The number of rotatable bonds is 3. The van der Waals surface area contributed by atoms with Gasteiger partial charge in [0.15, 0.2) is 0 Å². The Kier molecular flexibility index (Phi) is 6.19. The first-order valence-electron chi connectivity index (χ1n) is 6.73. The van der Waals surface area contributed by atoms with Crippen molar-refractivity contribution in [3.63, 3.8) is 0 Å². The lowest BCUT2D eigenvalue weighted by Gasteiger charge is -2.20. The number of nitrogens with zero attached hydrogens (tertiary/aromatic N) is 1. The van der Waals surface area contributed by atoms with Gasteiger partial charge in [0.2, 0.25) is 5.04 Å². The molecular weight excluding hydrogens is 246 g/mol. The molecule has 0 spiro atoms. The monoisotopic (exact) mass is 272 g/mol. The molecule has 0 aliphatic carbocycles. The zero-order valence-corrected chi connectivity index (χ0v) is 12.9. The second-order valence-corrected chi connectivity index (χ2v) is 7.09. The first kappa shape index (κ1) is 15.5. The van der Waals surface area contributed by atoms with Crippen LogP contribution in [-0.2, 0) is 9.53 Å². The SMILES string of the molecule is COC(=O)CSC(CC(C)(C)C)=[N+]1CCCCC1. The molecule has 0 aromatic rings. The molecule has 0 saturated carbocycles. The predicted molar refractivity (Wildman–Crippen MR) is 77.4 cm³/mol. The molecule has 0 unspecified atom stereocenters. The number of methoxy groups -OCH3 is 1. The Labute approximate surface area is 115 Å². The van der Waals surface area contributed by atoms with Gasteiger partial charge in [-0.1, -0.05) is 32.5 Å². The molecule has 3 nitrogen and oxygen atoms in total. The third kappa shape index (κ3) is 5.89. The minimum absolute atomic E-state index is 0.136. The Morgan fingerprint density at radius 3 is 2.33 bits per heavy atom. The van der Waals surface area contributed by atoms with Crippen molar-refractivity contribution in [2.24, 2.45) is 5.41 Å². The van der Waals surface area contributed by atoms with Gasteiger partial charge in [-0.2, -0.15) is 0 Å². The summed E-state index contributed by atoms with van der Waals surface area (Å²) >= 11 is 1.66. The molecule has 0 aromatic carbocycles. The zero-order chi connectivity index (χ0) is 13.6. The fourth-order valence-electron chi connectivity index (χ4n) is 2.05. The van der Waals surface area contributed by atoms with Crippen LogP contribution in [0.4, 0.5) is 0 Å². The van der Waals surface area contributed by atoms with Gasteiger partial charge in [-0.15, -0.1) is 0 Å². The number of esters is 1. The lowest BCUT2D eigenvalue weighted by molar-refractivity contribution is -0.536. The van der Waals surface area contributed by atoms with E-state index >= 15 is 0 Å². The summed E-state index contributed by atoms with van der Waals surface area (Å²) in [5, 5.41) is 1.35. The molecule has 0 N–H and O–H groups in total. The molecular formula is C14H26NO2S+. The third-order valence-electron chi connectivity index (χ3n) is 2.97. The van der Waals surface area contributed by atoms with E-state index in [2.05, 4.69) is 25.3 Å². The summed E-state index contributed by atoms with van der Waals surface area (Å²) in [6.07, 6.45) is 4.91. The quantitative estimate of drug-likeness (QED) is 0.449. The summed E-state index contributed by atoms with van der Waals surface area (Å²) in [6, 6.07) is 0. The maximum Gasteiger partial charge on any atom is 0.316 e. The van der Waals surface area contributed by atoms with Gasteiger partial charge >= 0.3 is 5.97 Å². The molecule has 0 radical (unpaired) electrons. The van der Waals surface area contributed by atoms with Gasteiger partial charge in [0, 0.05) is 19.3 Å². The Hall–Kier alpha value is -0.510. The van der Waals surface area contributed by atoms with Gasteiger partial charge in [0.05, 0.1) is 7.11 Å². The first-order valence-corrected chi connectivity index (χ1v) is 7.71. The Morgan fingerprint density at radius 1 is 1.22 bits per heavy atom. The summed E-state index contributed by atoms with van der Waals surface area (Å²) < 4.78 is 7.19. The molecule has 1 fully saturated rings. The first-order chi connectivity index (χ1) is 8.42. The Morgan fingerprint density at radius 2 is 1.83 bits per heavy atom. The van der Waals surface area contributed by atoms with E-state index in [4.69, 9.17) is 4.74 Å². The molecule has 1 saturated heterocycles. The minimum atomic E-state index is -0.136. The molecule has 4 heteroatoms. The standard InChI is InChI=1S/C14H26NO2S/c1-14(2,3)10-12(18-11-13(16)17-4)15-8-6-5-7-9-15/h5-11H2,1-4H3/q+1. The molecule has 1 heterocycles. The number of piperidine rings is 1. The zero-order valence-electron chi connectivity index (χ0n) is 12.1. The highest BCUT2D eigenvalue weighted by Crippen LogP contribution is 2.25. The van der Waals surface area contributed by atoms with E-state index < -0.39 is 0 Å². The average molecular weight is 272 g/mol. The maximum atomic E-state index is 11.3. The fraction of sp³-hybridized carbons (Fsp3) is 0.857. The number of thioether (sulfide) groups is 1. The fourth-order valence-corrected chi connectivity index (χ4v) is 3.35. The van der Waals surface area contributed by atoms with Crippen LogP contribution in [0.3, 0.4) is 0 Å². The smallest absolute Gasteiger partial charge is 0.316 e. The van der Waals surface area contributed by atoms with Crippen molar-refractivity contribution in [1.82, 2.24) is 0 Å². The van der Waals surface area contributed by atoms with Gasteiger partial charge in [-0.3, -0.25) is 4.79 Å². The topological polar surface area (TPSA) is 29.3 Å².